The molecule has 1 unspecified atom stereocenters. The number of hydrogen-bond donors (Lipinski definition) is 1. The molecule has 8 nitrogen and oxygen atoms in total. The van der Waals surface area contributed by atoms with E-state index in [-0.39, 0.29) is 18.3 Å². The van der Waals surface area contributed by atoms with E-state index in [1.165, 1.54) is 7.11 Å². The van der Waals surface area contributed by atoms with Crippen molar-refractivity contribution >= 4 is 22.8 Å². The van der Waals surface area contributed by atoms with Crippen LogP contribution in [0.2, 0.25) is 0 Å². The van der Waals surface area contributed by atoms with Crippen molar-refractivity contribution in [2.24, 2.45) is 5.92 Å². The maximum atomic E-state index is 13.3. The maximum absolute atomic E-state index is 13.3. The molecular formula is C21H29N3O5. The maximum Gasteiger partial charge on any atom is 0.323 e. The highest BCUT2D eigenvalue weighted by Crippen LogP contribution is 2.25. The first-order chi connectivity index (χ1) is 14.1. The highest BCUT2D eigenvalue weighted by Gasteiger charge is 2.34. The van der Waals surface area contributed by atoms with Crippen LogP contribution in [0.1, 0.15) is 30.4 Å². The second-order valence-corrected chi connectivity index (χ2v) is 7.26. The molecule has 0 radical (unpaired) electrons. The summed E-state index contributed by atoms with van der Waals surface area (Å²) >= 11 is 0. The summed E-state index contributed by atoms with van der Waals surface area (Å²) in [5.74, 6) is -0.563. The van der Waals surface area contributed by atoms with E-state index < -0.39 is 12.0 Å². The predicted molar refractivity (Wildman–Crippen MR) is 108 cm³/mol. The van der Waals surface area contributed by atoms with Gasteiger partial charge in [-0.3, -0.25) is 14.5 Å². The second kappa shape index (κ2) is 9.96. The van der Waals surface area contributed by atoms with Gasteiger partial charge in [0.1, 0.15) is 6.04 Å². The number of fused-ring (bicyclic) bond motifs is 1. The smallest absolute Gasteiger partial charge is 0.323 e. The van der Waals surface area contributed by atoms with Crippen molar-refractivity contribution in [1.82, 2.24) is 14.5 Å². The molecule has 0 saturated carbocycles. The molecule has 29 heavy (non-hydrogen) atoms. The van der Waals surface area contributed by atoms with Gasteiger partial charge in [-0.2, -0.15) is 0 Å². The van der Waals surface area contributed by atoms with E-state index >= 15 is 0 Å². The van der Waals surface area contributed by atoms with Crippen molar-refractivity contribution in [3.8, 4) is 0 Å². The van der Waals surface area contributed by atoms with Crippen LogP contribution < -0.4 is 0 Å². The summed E-state index contributed by atoms with van der Waals surface area (Å²) in [5.41, 5.74) is 1.73. The molecule has 1 fully saturated rings. The van der Waals surface area contributed by atoms with Crippen LogP contribution in [0.15, 0.2) is 24.3 Å². The van der Waals surface area contributed by atoms with E-state index in [9.17, 15) is 14.7 Å². The number of imidazole rings is 1. The highest BCUT2D eigenvalue weighted by molar-refractivity contribution is 5.98. The van der Waals surface area contributed by atoms with Gasteiger partial charge in [0.25, 0.3) is 0 Å². The molecule has 1 saturated heterocycles. The molecule has 1 aliphatic rings. The number of Topliss-reactive ketones (excluding diaryl/α,β-unsaturated/α-hetero) is 1. The summed E-state index contributed by atoms with van der Waals surface area (Å²) in [6.07, 6.45) is 1.22. The lowest BCUT2D eigenvalue weighted by atomic mass is 9.91. The highest BCUT2D eigenvalue weighted by atomic mass is 16.5. The normalized spacial score (nSPS) is 16.9. The molecule has 1 N–H and O–H groups in total. The summed E-state index contributed by atoms with van der Waals surface area (Å²) in [6, 6.07) is 7.06. The van der Waals surface area contributed by atoms with Gasteiger partial charge in [0.05, 0.1) is 24.2 Å². The van der Waals surface area contributed by atoms with Gasteiger partial charge in [0.2, 0.25) is 5.78 Å². The molecule has 0 spiro atoms. The van der Waals surface area contributed by atoms with Gasteiger partial charge in [0.15, 0.2) is 5.82 Å². The van der Waals surface area contributed by atoms with E-state index in [1.54, 1.807) is 0 Å². The number of piperidine rings is 1. The van der Waals surface area contributed by atoms with Crippen molar-refractivity contribution in [2.75, 3.05) is 40.0 Å². The lowest BCUT2D eigenvalue weighted by molar-refractivity contribution is -0.146. The van der Waals surface area contributed by atoms with Crippen LogP contribution in [0.3, 0.4) is 0 Å². The number of carboxylic acid groups (broad SMARTS) is 1. The number of carbonyl (C=O) groups is 2. The molecule has 1 atom stereocenters. The summed E-state index contributed by atoms with van der Waals surface area (Å²) in [5, 5.41) is 9.42. The topological polar surface area (TPSA) is 93.9 Å². The number of ether oxygens (including phenoxy) is 2. The fourth-order valence-electron chi connectivity index (χ4n) is 3.94. The number of aliphatic carboxylic acids is 1. The third kappa shape index (κ3) is 4.83. The minimum Gasteiger partial charge on any atom is -0.480 e. The number of methoxy groups -OCH3 is 1. The van der Waals surface area contributed by atoms with E-state index in [0.717, 1.165) is 11.0 Å². The Morgan fingerprint density at radius 1 is 1.28 bits per heavy atom. The standard InChI is InChI=1S/C21H29N3O5/c1-3-29-13-12-24-17-7-5-4-6-16(17)22-20(24)19(25)15-8-10-23(11-9-15)18(14-28-2)21(26)27/h4-7,15,18H,3,8-14H2,1-2H3,(H,26,27). The number of carbonyl (C=O) groups excluding carboxylic acids is 1. The molecule has 158 valence electrons. The summed E-state index contributed by atoms with van der Waals surface area (Å²) in [7, 11) is 1.50. The van der Waals surface area contributed by atoms with Gasteiger partial charge in [-0.1, -0.05) is 12.1 Å². The van der Waals surface area contributed by atoms with Gasteiger partial charge in [0, 0.05) is 26.2 Å². The molecule has 2 heterocycles. The van der Waals surface area contributed by atoms with Crippen LogP contribution in [-0.2, 0) is 20.8 Å². The van der Waals surface area contributed by atoms with Gasteiger partial charge >= 0.3 is 5.97 Å². The van der Waals surface area contributed by atoms with Gasteiger partial charge in [-0.25, -0.2) is 4.98 Å². The molecule has 1 aliphatic heterocycles. The zero-order valence-electron chi connectivity index (χ0n) is 17.0. The number of rotatable bonds is 10. The first-order valence-electron chi connectivity index (χ1n) is 10.1. The van der Waals surface area contributed by atoms with Crippen molar-refractivity contribution in [2.45, 2.75) is 32.4 Å². The minimum atomic E-state index is -0.894. The molecule has 8 heteroatoms. The predicted octanol–water partition coefficient (Wildman–Crippen LogP) is 2.07. The summed E-state index contributed by atoms with van der Waals surface area (Å²) < 4.78 is 12.5. The van der Waals surface area contributed by atoms with E-state index in [4.69, 9.17) is 9.47 Å². The Bertz CT molecular complexity index is 842. The lowest BCUT2D eigenvalue weighted by Crippen LogP contribution is -2.48. The third-order valence-electron chi connectivity index (χ3n) is 5.49. The van der Waals surface area contributed by atoms with Crippen LogP contribution in [-0.4, -0.2) is 77.4 Å². The van der Waals surface area contributed by atoms with Gasteiger partial charge in [-0.15, -0.1) is 0 Å². The number of para-hydroxylation sites is 2. The Kier molecular flexibility index (Phi) is 7.35. The SMILES string of the molecule is CCOCCn1c(C(=O)C2CCN(C(COC)C(=O)O)CC2)nc2ccccc21. The van der Waals surface area contributed by atoms with Crippen LogP contribution in [0.5, 0.6) is 0 Å². The number of benzene rings is 1. The molecule has 0 amide bonds. The van der Waals surface area contributed by atoms with Crippen molar-refractivity contribution < 1.29 is 24.2 Å². The third-order valence-corrected chi connectivity index (χ3v) is 5.49. The molecule has 1 aromatic carbocycles. The average molecular weight is 403 g/mol. The van der Waals surface area contributed by atoms with Crippen molar-refractivity contribution in [1.29, 1.82) is 0 Å². The first-order valence-corrected chi connectivity index (χ1v) is 10.1. The van der Waals surface area contributed by atoms with E-state index in [0.29, 0.717) is 51.5 Å². The second-order valence-electron chi connectivity index (χ2n) is 7.26. The van der Waals surface area contributed by atoms with Crippen LogP contribution in [0, 0.1) is 5.92 Å². The van der Waals surface area contributed by atoms with Crippen molar-refractivity contribution in [3.63, 3.8) is 0 Å². The molecule has 1 aromatic heterocycles. The van der Waals surface area contributed by atoms with Gasteiger partial charge in [-0.05, 0) is 45.0 Å². The minimum absolute atomic E-state index is 0.0240. The average Bonchev–Trinajstić information content (AvgIpc) is 3.10. The quantitative estimate of drug-likeness (QED) is 0.479. The number of ketones is 1. The Balaban J connectivity index is 1.75. The molecule has 2 aromatic rings. The fraction of sp³-hybridized carbons (Fsp3) is 0.571. The van der Waals surface area contributed by atoms with Crippen LogP contribution in [0.4, 0.5) is 0 Å². The number of carboxylic acids is 1. The number of hydrogen-bond acceptors (Lipinski definition) is 6. The monoisotopic (exact) mass is 403 g/mol. The number of aromatic nitrogens is 2. The number of likely N-dealkylation sites (tertiary alicyclic amines) is 1. The van der Waals surface area contributed by atoms with Crippen LogP contribution >= 0.6 is 0 Å². The summed E-state index contributed by atoms with van der Waals surface area (Å²) in [6.45, 7) is 4.91. The fourth-order valence-corrected chi connectivity index (χ4v) is 3.94. The Labute approximate surface area is 170 Å². The molecular weight excluding hydrogens is 374 g/mol. The zero-order valence-corrected chi connectivity index (χ0v) is 17.0. The molecule has 0 aliphatic carbocycles. The zero-order chi connectivity index (χ0) is 20.8. The summed E-state index contributed by atoms with van der Waals surface area (Å²) in [4.78, 5) is 31.2. The first kappa shape index (κ1) is 21.4. The Morgan fingerprint density at radius 2 is 2.00 bits per heavy atom. The molecule has 0 bridgehead atoms. The Morgan fingerprint density at radius 3 is 2.66 bits per heavy atom. The molecule has 3 rings (SSSR count). The Hall–Kier alpha value is -2.29. The lowest BCUT2D eigenvalue weighted by Gasteiger charge is -2.34. The van der Waals surface area contributed by atoms with E-state index in [2.05, 4.69) is 4.98 Å². The number of nitrogens with zero attached hydrogens (tertiary/aromatic N) is 3. The van der Waals surface area contributed by atoms with Crippen molar-refractivity contribution in [3.05, 3.63) is 30.1 Å². The largest absolute Gasteiger partial charge is 0.480 e. The van der Waals surface area contributed by atoms with Crippen LogP contribution in [0.25, 0.3) is 11.0 Å². The van der Waals surface area contributed by atoms with E-state index in [1.807, 2.05) is 40.7 Å². The van der Waals surface area contributed by atoms with Gasteiger partial charge < -0.3 is 19.1 Å².